The molecule has 0 saturated heterocycles. The molecule has 2 aromatic rings. The predicted molar refractivity (Wildman–Crippen MR) is 110 cm³/mol. The number of rotatable bonds is 4. The van der Waals surface area contributed by atoms with Crippen LogP contribution in [0, 0.1) is 12.8 Å². The standard InChI is InChI=1S/C21H24ClN3/c1-6-23-19-12-11-18-15(5)25(17-9-7-16(22)8-10-17)21(13(2)3)24-20(18)14(19)4/h7-13,23H,5-6H2,1-4H3. The normalized spacial score (nSPS) is 13.8. The van der Waals surface area contributed by atoms with Crippen LogP contribution < -0.4 is 10.2 Å². The number of halogens is 1. The summed E-state index contributed by atoms with van der Waals surface area (Å²) in [5, 5.41) is 4.13. The highest BCUT2D eigenvalue weighted by Gasteiger charge is 2.28. The van der Waals surface area contributed by atoms with Gasteiger partial charge in [0.15, 0.2) is 0 Å². The van der Waals surface area contributed by atoms with Gasteiger partial charge >= 0.3 is 0 Å². The molecule has 4 heteroatoms. The second-order valence-corrected chi connectivity index (χ2v) is 6.98. The third-order valence-electron chi connectivity index (χ3n) is 4.44. The molecule has 0 aromatic heterocycles. The fourth-order valence-corrected chi connectivity index (χ4v) is 3.27. The predicted octanol–water partition coefficient (Wildman–Crippen LogP) is 6.26. The van der Waals surface area contributed by atoms with Crippen LogP contribution in [0.2, 0.25) is 5.02 Å². The average Bonchev–Trinajstić information content (AvgIpc) is 2.58. The van der Waals surface area contributed by atoms with E-state index < -0.39 is 0 Å². The van der Waals surface area contributed by atoms with Crippen molar-refractivity contribution < 1.29 is 0 Å². The van der Waals surface area contributed by atoms with Crippen molar-refractivity contribution in [3.8, 4) is 0 Å². The molecule has 2 aromatic carbocycles. The second kappa shape index (κ2) is 6.93. The molecule has 0 unspecified atom stereocenters. The van der Waals surface area contributed by atoms with Gasteiger partial charge in [0.2, 0.25) is 0 Å². The van der Waals surface area contributed by atoms with Gasteiger partial charge in [-0.1, -0.05) is 32.0 Å². The van der Waals surface area contributed by atoms with Crippen LogP contribution >= 0.6 is 11.6 Å². The first-order valence-electron chi connectivity index (χ1n) is 8.65. The van der Waals surface area contributed by atoms with E-state index in [9.17, 15) is 0 Å². The number of benzene rings is 2. The third-order valence-corrected chi connectivity index (χ3v) is 4.69. The van der Waals surface area contributed by atoms with Gasteiger partial charge in [-0.05, 0) is 55.8 Å². The minimum atomic E-state index is 0.266. The van der Waals surface area contributed by atoms with Crippen LogP contribution in [0.1, 0.15) is 31.9 Å². The van der Waals surface area contributed by atoms with Crippen molar-refractivity contribution in [2.75, 3.05) is 16.8 Å². The summed E-state index contributed by atoms with van der Waals surface area (Å²) in [7, 11) is 0. The summed E-state index contributed by atoms with van der Waals surface area (Å²) in [5.74, 6) is 1.26. The molecule has 1 aliphatic rings. The highest BCUT2D eigenvalue weighted by molar-refractivity contribution is 6.30. The molecule has 1 heterocycles. The van der Waals surface area contributed by atoms with Crippen LogP contribution in [0.15, 0.2) is 48.0 Å². The molecule has 3 nitrogen and oxygen atoms in total. The van der Waals surface area contributed by atoms with Crippen LogP contribution in [0.5, 0.6) is 0 Å². The lowest BCUT2D eigenvalue weighted by molar-refractivity contribution is 0.863. The molecule has 1 aliphatic heterocycles. The summed E-state index contributed by atoms with van der Waals surface area (Å²) in [6.07, 6.45) is 0. The topological polar surface area (TPSA) is 27.6 Å². The molecule has 0 radical (unpaired) electrons. The maximum atomic E-state index is 6.06. The molecule has 130 valence electrons. The van der Waals surface area contributed by atoms with E-state index in [4.69, 9.17) is 16.6 Å². The number of hydrogen-bond donors (Lipinski definition) is 1. The summed E-state index contributed by atoms with van der Waals surface area (Å²) < 4.78 is 0. The zero-order valence-electron chi connectivity index (χ0n) is 15.2. The van der Waals surface area contributed by atoms with Gasteiger partial charge in [-0.2, -0.15) is 0 Å². The fourth-order valence-electron chi connectivity index (χ4n) is 3.15. The number of anilines is 2. The Hall–Kier alpha value is -2.26. The van der Waals surface area contributed by atoms with E-state index in [1.807, 2.05) is 24.3 Å². The van der Waals surface area contributed by atoms with E-state index in [1.165, 1.54) is 0 Å². The number of hydrogen-bond acceptors (Lipinski definition) is 3. The first-order valence-corrected chi connectivity index (χ1v) is 9.02. The van der Waals surface area contributed by atoms with Crippen molar-refractivity contribution in [3.63, 3.8) is 0 Å². The van der Waals surface area contributed by atoms with Gasteiger partial charge in [0.25, 0.3) is 0 Å². The molecule has 0 aliphatic carbocycles. The highest BCUT2D eigenvalue weighted by atomic mass is 35.5. The molecule has 0 spiro atoms. The molecule has 0 bridgehead atoms. The Balaban J connectivity index is 2.16. The summed E-state index contributed by atoms with van der Waals surface area (Å²) in [6.45, 7) is 13.8. The number of aliphatic imine (C=N–C) groups is 1. The SMILES string of the molecule is C=C1c2ccc(NCC)c(C)c2N=C(C(C)C)N1c1ccc(Cl)cc1. The van der Waals surface area contributed by atoms with Gasteiger partial charge in [-0.25, -0.2) is 4.99 Å². The van der Waals surface area contributed by atoms with Crippen molar-refractivity contribution in [1.82, 2.24) is 0 Å². The van der Waals surface area contributed by atoms with Crippen LogP contribution in [0.3, 0.4) is 0 Å². The lowest BCUT2D eigenvalue weighted by Crippen LogP contribution is -2.35. The van der Waals surface area contributed by atoms with Gasteiger partial charge < -0.3 is 5.32 Å². The smallest absolute Gasteiger partial charge is 0.116 e. The Labute approximate surface area is 155 Å². The molecule has 25 heavy (non-hydrogen) atoms. The minimum Gasteiger partial charge on any atom is -0.385 e. The van der Waals surface area contributed by atoms with E-state index in [1.54, 1.807) is 0 Å². The Morgan fingerprint density at radius 1 is 1.16 bits per heavy atom. The Morgan fingerprint density at radius 2 is 1.84 bits per heavy atom. The Morgan fingerprint density at radius 3 is 2.44 bits per heavy atom. The quantitative estimate of drug-likeness (QED) is 0.702. The largest absolute Gasteiger partial charge is 0.385 e. The van der Waals surface area contributed by atoms with Crippen molar-refractivity contribution >= 4 is 40.2 Å². The van der Waals surface area contributed by atoms with Crippen molar-refractivity contribution in [2.45, 2.75) is 27.7 Å². The van der Waals surface area contributed by atoms with E-state index in [-0.39, 0.29) is 5.92 Å². The summed E-state index contributed by atoms with van der Waals surface area (Å²) >= 11 is 6.06. The summed E-state index contributed by atoms with van der Waals surface area (Å²) in [6, 6.07) is 12.0. The van der Waals surface area contributed by atoms with E-state index in [0.717, 1.165) is 51.3 Å². The zero-order chi connectivity index (χ0) is 18.1. The van der Waals surface area contributed by atoms with Gasteiger partial charge in [0.1, 0.15) is 5.84 Å². The molecular formula is C21H24ClN3. The van der Waals surface area contributed by atoms with Gasteiger partial charge in [0.05, 0.1) is 5.69 Å². The monoisotopic (exact) mass is 353 g/mol. The first-order chi connectivity index (χ1) is 11.9. The number of amidine groups is 1. The molecular weight excluding hydrogens is 330 g/mol. The Kier molecular flexibility index (Phi) is 4.87. The second-order valence-electron chi connectivity index (χ2n) is 6.55. The molecule has 0 saturated carbocycles. The number of fused-ring (bicyclic) bond motifs is 1. The molecule has 0 amide bonds. The van der Waals surface area contributed by atoms with Crippen molar-refractivity contribution in [3.05, 3.63) is 59.1 Å². The molecule has 1 N–H and O–H groups in total. The van der Waals surface area contributed by atoms with Gasteiger partial charge in [-0.3, -0.25) is 4.90 Å². The van der Waals surface area contributed by atoms with Crippen LogP contribution in [-0.4, -0.2) is 12.4 Å². The first kappa shape index (κ1) is 17.6. The third kappa shape index (κ3) is 3.16. The highest BCUT2D eigenvalue weighted by Crippen LogP contribution is 2.41. The molecule has 0 fully saturated rings. The molecule has 0 atom stereocenters. The van der Waals surface area contributed by atoms with Crippen LogP contribution in [0.25, 0.3) is 5.70 Å². The lowest BCUT2D eigenvalue weighted by Gasteiger charge is -2.35. The lowest BCUT2D eigenvalue weighted by atomic mass is 9.98. The Bertz CT molecular complexity index is 835. The van der Waals surface area contributed by atoms with E-state index >= 15 is 0 Å². The van der Waals surface area contributed by atoms with Crippen molar-refractivity contribution in [1.29, 1.82) is 0 Å². The van der Waals surface area contributed by atoms with E-state index in [2.05, 4.69) is 56.6 Å². The van der Waals surface area contributed by atoms with E-state index in [0.29, 0.717) is 0 Å². The zero-order valence-corrected chi connectivity index (χ0v) is 16.0. The summed E-state index contributed by atoms with van der Waals surface area (Å²) in [4.78, 5) is 7.16. The average molecular weight is 354 g/mol. The van der Waals surface area contributed by atoms with Gasteiger partial charge in [0, 0.05) is 40.1 Å². The number of nitrogens with zero attached hydrogens (tertiary/aromatic N) is 2. The molecule has 3 rings (SSSR count). The van der Waals surface area contributed by atoms with Crippen molar-refractivity contribution in [2.24, 2.45) is 10.9 Å². The fraction of sp³-hybridized carbons (Fsp3) is 0.286. The maximum Gasteiger partial charge on any atom is 0.116 e. The number of nitrogens with one attached hydrogen (secondary N) is 1. The van der Waals surface area contributed by atoms with Crippen LogP contribution in [0.4, 0.5) is 17.1 Å². The van der Waals surface area contributed by atoms with Gasteiger partial charge in [-0.15, -0.1) is 0 Å². The maximum absolute atomic E-state index is 6.06. The van der Waals surface area contributed by atoms with Crippen LogP contribution in [-0.2, 0) is 0 Å². The minimum absolute atomic E-state index is 0.266. The summed E-state index contributed by atoms with van der Waals surface area (Å²) in [5.41, 5.74) is 6.34.